The summed E-state index contributed by atoms with van der Waals surface area (Å²) in [7, 11) is 1.57. The second-order valence-electron chi connectivity index (χ2n) is 10.00. The zero-order valence-corrected chi connectivity index (χ0v) is 21.9. The van der Waals surface area contributed by atoms with E-state index in [9.17, 15) is 14.4 Å². The van der Waals surface area contributed by atoms with E-state index in [4.69, 9.17) is 4.74 Å². The molecule has 39 heavy (non-hydrogen) atoms. The summed E-state index contributed by atoms with van der Waals surface area (Å²) < 4.78 is 5.31. The van der Waals surface area contributed by atoms with Crippen LogP contribution in [0.15, 0.2) is 96.4 Å². The van der Waals surface area contributed by atoms with Crippen LogP contribution in [-0.4, -0.2) is 36.7 Å². The largest absolute Gasteiger partial charge is 0.497 e. The molecule has 1 fully saturated rings. The van der Waals surface area contributed by atoms with Crippen molar-refractivity contribution in [2.24, 2.45) is 5.92 Å². The molecule has 7 rings (SSSR count). The van der Waals surface area contributed by atoms with Gasteiger partial charge in [0, 0.05) is 16.9 Å². The zero-order valence-electron chi connectivity index (χ0n) is 21.0. The molecule has 0 radical (unpaired) electrons. The number of benzene rings is 3. The third kappa shape index (κ3) is 3.23. The van der Waals surface area contributed by atoms with Gasteiger partial charge >= 0.3 is 0 Å². The molecule has 7 heteroatoms. The molecule has 4 aromatic rings. The van der Waals surface area contributed by atoms with E-state index in [2.05, 4.69) is 5.32 Å². The number of para-hydroxylation sites is 2. The van der Waals surface area contributed by atoms with Gasteiger partial charge in [-0.3, -0.25) is 14.4 Å². The first-order chi connectivity index (χ1) is 19.1. The number of ketones is 2. The summed E-state index contributed by atoms with van der Waals surface area (Å²) in [5.74, 6) is -1.04. The second kappa shape index (κ2) is 8.78. The molecule has 1 saturated heterocycles. The Morgan fingerprint density at radius 1 is 0.923 bits per heavy atom. The Morgan fingerprint density at radius 2 is 1.69 bits per heavy atom. The number of nitrogens with one attached hydrogen (secondary N) is 1. The first-order valence-electron chi connectivity index (χ1n) is 12.8. The summed E-state index contributed by atoms with van der Waals surface area (Å²) in [6, 6.07) is 24.4. The van der Waals surface area contributed by atoms with Crippen molar-refractivity contribution >= 4 is 46.3 Å². The summed E-state index contributed by atoms with van der Waals surface area (Å²) in [6.07, 6.45) is 3.99. The highest BCUT2D eigenvalue weighted by atomic mass is 32.1. The smallest absolute Gasteiger partial charge is 0.238 e. The highest BCUT2D eigenvalue weighted by molar-refractivity contribution is 7.12. The van der Waals surface area contributed by atoms with Crippen LogP contribution in [0.2, 0.25) is 0 Å². The molecule has 1 aromatic heterocycles. The van der Waals surface area contributed by atoms with Gasteiger partial charge in [-0.1, -0.05) is 54.6 Å². The number of hydrogen-bond donors (Lipinski definition) is 1. The number of fused-ring (bicyclic) bond motifs is 6. The van der Waals surface area contributed by atoms with Gasteiger partial charge in [0.05, 0.1) is 23.9 Å². The maximum absolute atomic E-state index is 14.7. The van der Waals surface area contributed by atoms with Gasteiger partial charge < -0.3 is 15.0 Å². The maximum Gasteiger partial charge on any atom is 0.238 e. The monoisotopic (exact) mass is 532 g/mol. The van der Waals surface area contributed by atoms with Crippen molar-refractivity contribution in [3.8, 4) is 5.75 Å². The van der Waals surface area contributed by atoms with E-state index in [1.165, 1.54) is 11.3 Å². The highest BCUT2D eigenvalue weighted by Crippen LogP contribution is 2.58. The van der Waals surface area contributed by atoms with Crippen molar-refractivity contribution in [3.05, 3.63) is 118 Å². The Bertz CT molecular complexity index is 1660. The van der Waals surface area contributed by atoms with E-state index in [0.717, 1.165) is 16.8 Å². The molecule has 4 atom stereocenters. The second-order valence-corrected chi connectivity index (χ2v) is 10.9. The van der Waals surface area contributed by atoms with Gasteiger partial charge in [-0.15, -0.1) is 11.3 Å². The molecular weight excluding hydrogens is 508 g/mol. The molecule has 6 nitrogen and oxygen atoms in total. The van der Waals surface area contributed by atoms with Gasteiger partial charge in [0.25, 0.3) is 0 Å². The number of thiophene rings is 1. The predicted molar refractivity (Wildman–Crippen MR) is 152 cm³/mol. The van der Waals surface area contributed by atoms with E-state index in [0.29, 0.717) is 21.9 Å². The number of nitrogens with zero attached hydrogens (tertiary/aromatic N) is 1. The van der Waals surface area contributed by atoms with Gasteiger partial charge in [-0.05, 0) is 59.0 Å². The van der Waals surface area contributed by atoms with E-state index >= 15 is 0 Å². The fourth-order valence-corrected chi connectivity index (χ4v) is 7.32. The average molecular weight is 533 g/mol. The number of Topliss-reactive ketones (excluding diaryl/α,β-unsaturated/α-hetero) is 2. The van der Waals surface area contributed by atoms with Crippen LogP contribution in [0, 0.1) is 5.92 Å². The lowest BCUT2D eigenvalue weighted by Crippen LogP contribution is -2.51. The van der Waals surface area contributed by atoms with E-state index in [1.807, 2.05) is 77.0 Å². The Labute approximate surface area is 229 Å². The summed E-state index contributed by atoms with van der Waals surface area (Å²) in [6.45, 7) is 0. The van der Waals surface area contributed by atoms with Gasteiger partial charge in [0.15, 0.2) is 11.6 Å². The molecule has 0 aliphatic carbocycles. The number of ether oxygens (including phenoxy) is 1. The van der Waals surface area contributed by atoms with Crippen molar-refractivity contribution in [2.75, 3.05) is 17.3 Å². The molecule has 3 aliphatic heterocycles. The van der Waals surface area contributed by atoms with Crippen LogP contribution in [0.25, 0.3) is 6.08 Å². The molecule has 1 N–H and O–H groups in total. The fourth-order valence-electron chi connectivity index (χ4n) is 6.62. The minimum atomic E-state index is -1.31. The molecule has 1 spiro atoms. The predicted octanol–water partition coefficient (Wildman–Crippen LogP) is 5.61. The summed E-state index contributed by atoms with van der Waals surface area (Å²) in [4.78, 5) is 45.9. The molecule has 0 unspecified atom stereocenters. The van der Waals surface area contributed by atoms with Crippen molar-refractivity contribution in [3.63, 3.8) is 0 Å². The first kappa shape index (κ1) is 23.6. The number of carbonyl (C=O) groups is 3. The van der Waals surface area contributed by atoms with Gasteiger partial charge in [-0.2, -0.15) is 0 Å². The van der Waals surface area contributed by atoms with Crippen LogP contribution >= 0.6 is 11.3 Å². The van der Waals surface area contributed by atoms with Crippen LogP contribution in [0.1, 0.15) is 31.2 Å². The number of amides is 1. The topological polar surface area (TPSA) is 75.7 Å². The molecule has 4 heterocycles. The Morgan fingerprint density at radius 3 is 2.46 bits per heavy atom. The van der Waals surface area contributed by atoms with Crippen LogP contribution < -0.4 is 15.0 Å². The lowest BCUT2D eigenvalue weighted by Gasteiger charge is -2.37. The SMILES string of the molecule is COc1ccc(C(=O)[C@@H]2[C@@H](C(=O)c3cccs3)N3c4ccccc4C=C[C@@H]3[C@@]23C(=O)Nc2ccccc23)cc1. The average Bonchev–Trinajstić information content (AvgIpc) is 3.69. The summed E-state index contributed by atoms with van der Waals surface area (Å²) in [5, 5.41) is 4.91. The molecule has 3 aromatic carbocycles. The van der Waals surface area contributed by atoms with Crippen molar-refractivity contribution in [2.45, 2.75) is 17.5 Å². The van der Waals surface area contributed by atoms with E-state index < -0.39 is 23.4 Å². The number of anilines is 2. The van der Waals surface area contributed by atoms with Crippen LogP contribution in [0.3, 0.4) is 0 Å². The third-order valence-corrected chi connectivity index (χ3v) is 9.12. The number of rotatable bonds is 5. The van der Waals surface area contributed by atoms with Crippen LogP contribution in [0.5, 0.6) is 5.75 Å². The zero-order chi connectivity index (χ0) is 26.7. The normalized spacial score (nSPS) is 24.2. The Hall–Kier alpha value is -4.49. The quantitative estimate of drug-likeness (QED) is 0.338. The fraction of sp³-hybridized carbons (Fsp3) is 0.156. The molecular formula is C32H24N2O4S. The Balaban J connectivity index is 1.52. The van der Waals surface area contributed by atoms with Gasteiger partial charge in [0.2, 0.25) is 5.91 Å². The third-order valence-electron chi connectivity index (χ3n) is 8.23. The molecule has 0 saturated carbocycles. The number of carbonyl (C=O) groups excluding carboxylic acids is 3. The lowest BCUT2D eigenvalue weighted by atomic mass is 9.64. The first-order valence-corrected chi connectivity index (χ1v) is 13.7. The molecule has 0 bridgehead atoms. The molecule has 192 valence electrons. The lowest BCUT2D eigenvalue weighted by molar-refractivity contribution is -0.121. The van der Waals surface area contributed by atoms with E-state index in [-0.39, 0.29) is 17.5 Å². The van der Waals surface area contributed by atoms with Gasteiger partial charge in [0.1, 0.15) is 17.2 Å². The van der Waals surface area contributed by atoms with Crippen LogP contribution in [-0.2, 0) is 10.2 Å². The molecule has 1 amide bonds. The highest BCUT2D eigenvalue weighted by Gasteiger charge is 2.70. The van der Waals surface area contributed by atoms with Crippen molar-refractivity contribution in [1.29, 1.82) is 0 Å². The molecule has 3 aliphatic rings. The number of methoxy groups -OCH3 is 1. The van der Waals surface area contributed by atoms with Crippen LogP contribution in [0.4, 0.5) is 11.4 Å². The van der Waals surface area contributed by atoms with Gasteiger partial charge in [-0.25, -0.2) is 0 Å². The minimum Gasteiger partial charge on any atom is -0.497 e. The summed E-state index contributed by atoms with van der Waals surface area (Å²) >= 11 is 1.35. The minimum absolute atomic E-state index is 0.166. The Kier molecular flexibility index (Phi) is 5.32. The maximum atomic E-state index is 14.7. The summed E-state index contributed by atoms with van der Waals surface area (Å²) in [5.41, 5.74) is 2.31. The van der Waals surface area contributed by atoms with E-state index in [1.54, 1.807) is 37.4 Å². The van der Waals surface area contributed by atoms with Crippen molar-refractivity contribution in [1.82, 2.24) is 0 Å². The number of hydrogen-bond acceptors (Lipinski definition) is 6. The standard InChI is InChI=1S/C32H24N2O4S/c1-38-21-15-12-20(13-16-21)29(35)27-28(30(36)25-11-6-18-39-25)34-24-10-5-2-7-19(24)14-17-26(34)32(27)22-8-3-4-9-23(22)33-31(32)37/h2-18,26-28H,1H3,(H,33,37)/t26-,27+,28+,32-/m1/s1. The van der Waals surface area contributed by atoms with Crippen molar-refractivity contribution < 1.29 is 19.1 Å².